The monoisotopic (exact) mass is 812 g/mol. The van der Waals surface area contributed by atoms with Gasteiger partial charge in [0.1, 0.15) is 11.5 Å². The highest BCUT2D eigenvalue weighted by Gasteiger charge is 2.76. The van der Waals surface area contributed by atoms with E-state index in [1.54, 1.807) is 30.3 Å². The summed E-state index contributed by atoms with van der Waals surface area (Å²) in [5.41, 5.74) is 0.144. The maximum absolute atomic E-state index is 14.0. The number of nitrogens with zero attached hydrogens (tertiary/aromatic N) is 2. The topological polar surface area (TPSA) is 104 Å². The van der Waals surface area contributed by atoms with Crippen molar-refractivity contribution in [1.29, 1.82) is 0 Å². The summed E-state index contributed by atoms with van der Waals surface area (Å²) >= 11 is 19.4. The lowest BCUT2D eigenvalue weighted by Gasteiger charge is -2.50. The van der Waals surface area contributed by atoms with E-state index in [2.05, 4.69) is 43.3 Å². The van der Waals surface area contributed by atoms with Crippen LogP contribution in [0.1, 0.15) is 24.3 Å². The molecule has 0 unspecified atom stereocenters. The first-order valence-corrected chi connectivity index (χ1v) is 15.8. The molecule has 2 aromatic carbocycles. The summed E-state index contributed by atoms with van der Waals surface area (Å²) in [5.74, 6) is -8.23. The fraction of sp³-hybridized carbons (Fsp3) is 0.357. The largest absolute Gasteiger partial charge is 0.573 e. The number of imide groups is 2. The summed E-state index contributed by atoms with van der Waals surface area (Å²) < 4.78 is 44.4. The molecule has 6 rings (SSSR count). The first-order valence-electron chi connectivity index (χ1n) is 12.9. The van der Waals surface area contributed by atoms with Gasteiger partial charge in [-0.05, 0) is 83.8 Å². The number of phenols is 1. The number of hydrogen-bond acceptors (Lipinski definition) is 6. The molecular formula is C28H19BrCl2F3IN2O6. The highest BCUT2D eigenvalue weighted by Crippen LogP contribution is 2.66. The predicted octanol–water partition coefficient (Wildman–Crippen LogP) is 5.81. The van der Waals surface area contributed by atoms with Crippen molar-refractivity contribution in [2.75, 3.05) is 10.4 Å². The van der Waals surface area contributed by atoms with Crippen LogP contribution in [0.3, 0.4) is 0 Å². The van der Waals surface area contributed by atoms with Gasteiger partial charge in [0, 0.05) is 15.1 Å². The molecule has 226 valence electrons. The molecule has 4 aliphatic rings. The number of aromatic hydroxyl groups is 1. The van der Waals surface area contributed by atoms with E-state index in [4.69, 9.17) is 23.2 Å². The van der Waals surface area contributed by atoms with Crippen LogP contribution in [-0.2, 0) is 19.2 Å². The Balaban J connectivity index is 1.53. The van der Waals surface area contributed by atoms with Crippen molar-refractivity contribution in [2.45, 2.75) is 34.9 Å². The van der Waals surface area contributed by atoms with E-state index in [-0.39, 0.29) is 23.9 Å². The van der Waals surface area contributed by atoms with Crippen molar-refractivity contribution in [3.8, 4) is 11.5 Å². The molecule has 0 aromatic heterocycles. The summed E-state index contributed by atoms with van der Waals surface area (Å²) in [4.78, 5) is 52.5. The van der Waals surface area contributed by atoms with Crippen molar-refractivity contribution in [2.24, 2.45) is 17.8 Å². The number of likely N-dealkylation sites (tertiary alicyclic amines) is 1. The number of amides is 4. The lowest BCUT2D eigenvalue weighted by atomic mass is 9.56. The average molecular weight is 814 g/mol. The summed E-state index contributed by atoms with van der Waals surface area (Å²) in [6.07, 6.45) is -3.72. The minimum absolute atomic E-state index is 0.0461. The van der Waals surface area contributed by atoms with Gasteiger partial charge >= 0.3 is 6.36 Å². The quantitative estimate of drug-likeness (QED) is 0.138. The number of alkyl halides is 6. The zero-order chi connectivity index (χ0) is 31.2. The molecule has 0 radical (unpaired) electrons. The van der Waals surface area contributed by atoms with Crippen molar-refractivity contribution in [3.63, 3.8) is 0 Å². The molecule has 6 atom stereocenters. The van der Waals surface area contributed by atoms with E-state index in [0.717, 1.165) is 31.6 Å². The van der Waals surface area contributed by atoms with Gasteiger partial charge in [-0.25, -0.2) is 0 Å². The number of benzene rings is 2. The smallest absolute Gasteiger partial charge is 0.508 e. The number of ether oxygens (including phenoxy) is 1. The van der Waals surface area contributed by atoms with Crippen molar-refractivity contribution < 1.29 is 42.2 Å². The zero-order valence-electron chi connectivity index (χ0n) is 21.6. The van der Waals surface area contributed by atoms with Gasteiger partial charge in [-0.1, -0.05) is 27.6 Å². The molecule has 1 N–H and O–H groups in total. The fourth-order valence-electron chi connectivity index (χ4n) is 6.90. The molecular weight excluding hydrogens is 795 g/mol. The number of fused-ring (bicyclic) bond motifs is 4. The molecule has 8 nitrogen and oxygen atoms in total. The molecule has 43 heavy (non-hydrogen) atoms. The highest BCUT2D eigenvalue weighted by molar-refractivity contribution is 14.1. The summed E-state index contributed by atoms with van der Waals surface area (Å²) in [7, 11) is 0. The molecule has 2 aromatic rings. The normalized spacial score (nSPS) is 32.0. The number of anilines is 1. The van der Waals surface area contributed by atoms with Gasteiger partial charge in [0.2, 0.25) is 11.8 Å². The van der Waals surface area contributed by atoms with Crippen LogP contribution in [-0.4, -0.2) is 55.2 Å². The van der Waals surface area contributed by atoms with Crippen molar-refractivity contribution in [1.82, 2.24) is 4.90 Å². The Morgan fingerprint density at radius 2 is 1.70 bits per heavy atom. The molecule has 15 heteroatoms. The third-order valence-corrected chi connectivity index (χ3v) is 11.3. The molecule has 0 bridgehead atoms. The van der Waals surface area contributed by atoms with E-state index in [1.165, 1.54) is 0 Å². The van der Waals surface area contributed by atoms with Gasteiger partial charge in [-0.2, -0.15) is 0 Å². The van der Waals surface area contributed by atoms with Gasteiger partial charge in [0.15, 0.2) is 9.75 Å². The van der Waals surface area contributed by atoms with E-state index in [1.807, 2.05) is 0 Å². The third kappa shape index (κ3) is 4.43. The maximum atomic E-state index is 14.0. The Bertz CT molecular complexity index is 1620. The van der Waals surface area contributed by atoms with Crippen LogP contribution in [0.25, 0.3) is 0 Å². The number of rotatable bonds is 4. The highest BCUT2D eigenvalue weighted by atomic mass is 127. The lowest BCUT2D eigenvalue weighted by molar-refractivity contribution is -0.274. The third-order valence-electron chi connectivity index (χ3n) is 8.64. The van der Waals surface area contributed by atoms with Crippen LogP contribution in [0.5, 0.6) is 11.5 Å². The van der Waals surface area contributed by atoms with Gasteiger partial charge in [0.05, 0.1) is 23.0 Å². The Labute approximate surface area is 274 Å². The van der Waals surface area contributed by atoms with E-state index in [9.17, 15) is 37.5 Å². The van der Waals surface area contributed by atoms with Crippen LogP contribution in [0.4, 0.5) is 18.9 Å². The molecule has 2 aliphatic carbocycles. The van der Waals surface area contributed by atoms with Crippen LogP contribution < -0.4 is 9.64 Å². The fourth-order valence-corrected chi connectivity index (χ4v) is 8.68. The predicted molar refractivity (Wildman–Crippen MR) is 160 cm³/mol. The Morgan fingerprint density at radius 3 is 2.33 bits per heavy atom. The molecule has 3 fully saturated rings. The van der Waals surface area contributed by atoms with E-state index in [0.29, 0.717) is 11.3 Å². The van der Waals surface area contributed by atoms with Crippen LogP contribution in [0, 0.1) is 21.3 Å². The van der Waals surface area contributed by atoms with Gasteiger partial charge in [-0.15, -0.1) is 36.4 Å². The van der Waals surface area contributed by atoms with Gasteiger partial charge in [-0.3, -0.25) is 29.0 Å². The first kappa shape index (κ1) is 30.7. The second kappa shape index (κ2) is 10.3. The molecule has 2 saturated heterocycles. The molecule has 0 spiro atoms. The van der Waals surface area contributed by atoms with Gasteiger partial charge < -0.3 is 9.84 Å². The zero-order valence-corrected chi connectivity index (χ0v) is 26.8. The van der Waals surface area contributed by atoms with Crippen LogP contribution in [0.15, 0.2) is 54.1 Å². The second-order valence-electron chi connectivity index (χ2n) is 10.7. The lowest BCUT2D eigenvalue weighted by Crippen LogP contribution is -2.60. The Kier molecular flexibility index (Phi) is 7.38. The number of carbonyl (C=O) groups is 4. The summed E-state index contributed by atoms with van der Waals surface area (Å²) in [6, 6.07) is 9.48. The van der Waals surface area contributed by atoms with E-state index < -0.39 is 74.9 Å². The number of hydrogen-bond donors (Lipinski definition) is 1. The molecule has 2 heterocycles. The standard InChI is InChI=1S/C28H19BrCl2F3IN2O6/c29-11-36-24(41)26(30)10-18-15(6-7-16-20(18)23(40)37(22(16)39)13-3-1-12(35)2-4-13)21(27(26,31)25(36)42)17-9-14(5-8-19(17)38)43-28(32,33)34/h1-6,8-9,16,18,20-21,38H,7,10-11H2/t16-,18+,20-,21+,26+,27-/m0/s1. The summed E-state index contributed by atoms with van der Waals surface area (Å²) in [5, 5.41) is 10.9. The SMILES string of the molecule is O=C1[C@H]2[C@H](CC=C3[C@H]2C[C@@]2(Cl)C(=O)N(CBr)C(=O)[C@@]2(Cl)[C@H]3c2cc(OC(F)(F)F)ccc2O)C(=O)N1c1ccc(I)cc1. The number of halogens is 7. The van der Waals surface area contributed by atoms with Crippen LogP contribution in [0.2, 0.25) is 0 Å². The molecule has 4 amide bonds. The Hall–Kier alpha value is -2.36. The van der Waals surface area contributed by atoms with E-state index >= 15 is 0 Å². The summed E-state index contributed by atoms with van der Waals surface area (Å²) in [6.45, 7) is 0. The van der Waals surface area contributed by atoms with Gasteiger partial charge in [0.25, 0.3) is 11.8 Å². The van der Waals surface area contributed by atoms with Crippen LogP contribution >= 0.6 is 61.7 Å². The molecule has 2 aliphatic heterocycles. The average Bonchev–Trinajstić information content (AvgIpc) is 3.27. The number of carbonyl (C=O) groups excluding carboxylic acids is 4. The molecule has 1 saturated carbocycles. The van der Waals surface area contributed by atoms with Crippen molar-refractivity contribution >= 4 is 91.0 Å². The minimum atomic E-state index is -5.07. The number of allylic oxidation sites excluding steroid dienone is 2. The minimum Gasteiger partial charge on any atom is -0.508 e. The maximum Gasteiger partial charge on any atom is 0.573 e. The second-order valence-corrected chi connectivity index (χ2v) is 13.7. The number of phenolic OH excluding ortho intramolecular Hbond substituents is 1. The first-order chi connectivity index (χ1) is 20.1. The van der Waals surface area contributed by atoms with Crippen molar-refractivity contribution in [3.05, 3.63) is 63.2 Å². The Morgan fingerprint density at radius 1 is 1.02 bits per heavy atom.